The number of ether oxygens (including phenoxy) is 1. The molecule has 1 atom stereocenters. The summed E-state index contributed by atoms with van der Waals surface area (Å²) in [5.41, 5.74) is 0.979. The lowest BCUT2D eigenvalue weighted by atomic mass is 10.1. The summed E-state index contributed by atoms with van der Waals surface area (Å²) < 4.78 is 17.1. The van der Waals surface area contributed by atoms with E-state index in [0.29, 0.717) is 6.42 Å². The maximum Gasteiger partial charge on any atom is 0.417 e. The van der Waals surface area contributed by atoms with Gasteiger partial charge in [0.1, 0.15) is 6.61 Å². The number of imide groups is 1. The molecule has 90 valence electrons. The third-order valence-corrected chi connectivity index (χ3v) is 2.66. The first-order valence-corrected chi connectivity index (χ1v) is 5.31. The summed E-state index contributed by atoms with van der Waals surface area (Å²) in [6.07, 6.45) is -0.271. The molecule has 0 unspecified atom stereocenters. The van der Waals surface area contributed by atoms with E-state index in [1.54, 1.807) is 0 Å². The molecule has 0 bridgehead atoms. The van der Waals surface area contributed by atoms with E-state index in [2.05, 4.69) is 0 Å². The minimum Gasteiger partial charge on any atom is -0.447 e. The molecule has 0 spiro atoms. The van der Waals surface area contributed by atoms with Crippen LogP contribution in [0.3, 0.4) is 0 Å². The van der Waals surface area contributed by atoms with Crippen LogP contribution < -0.4 is 0 Å². The second-order valence-corrected chi connectivity index (χ2v) is 3.82. The lowest BCUT2D eigenvalue weighted by Crippen LogP contribution is -2.41. The van der Waals surface area contributed by atoms with Gasteiger partial charge in [-0.3, -0.25) is 4.79 Å². The summed E-state index contributed by atoms with van der Waals surface area (Å²) >= 11 is 0. The van der Waals surface area contributed by atoms with E-state index in [1.807, 2.05) is 30.3 Å². The van der Waals surface area contributed by atoms with Gasteiger partial charge in [0.25, 0.3) is 5.91 Å². The Morgan fingerprint density at radius 2 is 2.12 bits per heavy atom. The molecule has 0 N–H and O–H groups in total. The van der Waals surface area contributed by atoms with Crippen LogP contribution in [-0.2, 0) is 16.0 Å². The number of nitrogens with zero attached hydrogens (tertiary/aromatic N) is 1. The molecule has 1 saturated heterocycles. The summed E-state index contributed by atoms with van der Waals surface area (Å²) in [5, 5.41) is 0. The molecule has 5 heteroatoms. The summed E-state index contributed by atoms with van der Waals surface area (Å²) in [5.74, 6) is -0.839. The van der Waals surface area contributed by atoms with E-state index < -0.39 is 24.7 Å². The number of hydrogen-bond acceptors (Lipinski definition) is 3. The van der Waals surface area contributed by atoms with E-state index in [0.717, 1.165) is 10.5 Å². The predicted molar refractivity (Wildman–Crippen MR) is 58.1 cm³/mol. The summed E-state index contributed by atoms with van der Waals surface area (Å²) in [7, 11) is 0. The molecule has 1 aromatic rings. The van der Waals surface area contributed by atoms with E-state index >= 15 is 0 Å². The summed E-state index contributed by atoms with van der Waals surface area (Å²) in [6.45, 7) is -1.06. The van der Waals surface area contributed by atoms with Gasteiger partial charge in [-0.25, -0.2) is 14.1 Å². The van der Waals surface area contributed by atoms with Crippen LogP contribution in [0.1, 0.15) is 5.56 Å². The number of halogens is 1. The van der Waals surface area contributed by atoms with Crippen LogP contribution in [0.4, 0.5) is 9.18 Å². The van der Waals surface area contributed by atoms with Crippen molar-refractivity contribution in [3.05, 3.63) is 35.9 Å². The number of alkyl halides is 1. The van der Waals surface area contributed by atoms with Crippen molar-refractivity contribution in [2.24, 2.45) is 0 Å². The summed E-state index contributed by atoms with van der Waals surface area (Å²) in [4.78, 5) is 23.4. The maximum atomic E-state index is 12.3. The van der Waals surface area contributed by atoms with Crippen LogP contribution >= 0.6 is 0 Å². The molecule has 1 heterocycles. The van der Waals surface area contributed by atoms with Gasteiger partial charge in [-0.15, -0.1) is 0 Å². The van der Waals surface area contributed by atoms with Gasteiger partial charge >= 0.3 is 6.09 Å². The number of rotatable bonds is 3. The zero-order valence-electron chi connectivity index (χ0n) is 9.14. The van der Waals surface area contributed by atoms with Crippen molar-refractivity contribution in [1.29, 1.82) is 0 Å². The number of hydrogen-bond donors (Lipinski definition) is 0. The number of carbonyl (C=O) groups is 2. The molecule has 0 aliphatic carbocycles. The molecule has 17 heavy (non-hydrogen) atoms. The molecular weight excluding hydrogens is 225 g/mol. The highest BCUT2D eigenvalue weighted by atomic mass is 19.1. The number of cyclic esters (lactones) is 1. The fourth-order valence-electron chi connectivity index (χ4n) is 1.87. The van der Waals surface area contributed by atoms with Crippen molar-refractivity contribution in [2.45, 2.75) is 12.5 Å². The fraction of sp³-hybridized carbons (Fsp3) is 0.333. The van der Waals surface area contributed by atoms with Crippen LogP contribution in [0.5, 0.6) is 0 Å². The lowest BCUT2D eigenvalue weighted by Gasteiger charge is -2.17. The van der Waals surface area contributed by atoms with E-state index in [9.17, 15) is 14.0 Å². The van der Waals surface area contributed by atoms with Gasteiger partial charge in [-0.2, -0.15) is 0 Å². The van der Waals surface area contributed by atoms with Gasteiger partial charge in [-0.05, 0) is 12.0 Å². The van der Waals surface area contributed by atoms with E-state index in [4.69, 9.17) is 4.74 Å². The smallest absolute Gasteiger partial charge is 0.417 e. The second-order valence-electron chi connectivity index (χ2n) is 3.82. The molecule has 1 aromatic carbocycles. The molecule has 2 rings (SSSR count). The lowest BCUT2D eigenvalue weighted by molar-refractivity contribution is -0.130. The van der Waals surface area contributed by atoms with Crippen LogP contribution in [0.2, 0.25) is 0 Å². The molecular formula is C12H12FNO3. The first-order chi connectivity index (χ1) is 8.22. The Bertz CT molecular complexity index is 421. The van der Waals surface area contributed by atoms with Crippen molar-refractivity contribution < 1.29 is 18.7 Å². The topological polar surface area (TPSA) is 46.6 Å². The van der Waals surface area contributed by atoms with Gasteiger partial charge in [0, 0.05) is 0 Å². The SMILES string of the molecule is O=C(CF)N1C(=O)OC[C@@H]1Cc1ccccc1. The minimum atomic E-state index is -1.18. The van der Waals surface area contributed by atoms with Gasteiger partial charge in [0.05, 0.1) is 6.04 Å². The first kappa shape index (κ1) is 11.6. The molecule has 1 aliphatic heterocycles. The van der Waals surface area contributed by atoms with Crippen molar-refractivity contribution >= 4 is 12.0 Å². The highest BCUT2D eigenvalue weighted by Gasteiger charge is 2.37. The van der Waals surface area contributed by atoms with Gasteiger partial charge in [0.15, 0.2) is 6.67 Å². The van der Waals surface area contributed by atoms with Crippen LogP contribution in [0.15, 0.2) is 30.3 Å². The quantitative estimate of drug-likeness (QED) is 0.801. The van der Waals surface area contributed by atoms with Crippen molar-refractivity contribution in [3.8, 4) is 0 Å². The van der Waals surface area contributed by atoms with Gasteiger partial charge < -0.3 is 4.74 Å². The molecule has 2 amide bonds. The molecule has 4 nitrogen and oxygen atoms in total. The third kappa shape index (κ3) is 2.43. The van der Waals surface area contributed by atoms with Gasteiger partial charge in [-0.1, -0.05) is 30.3 Å². The molecule has 1 fully saturated rings. The average Bonchev–Trinajstić information content (AvgIpc) is 2.71. The van der Waals surface area contributed by atoms with Crippen LogP contribution in [0, 0.1) is 0 Å². The number of amides is 2. The van der Waals surface area contributed by atoms with E-state index in [-0.39, 0.29) is 6.61 Å². The normalized spacial score (nSPS) is 19.2. The Kier molecular flexibility index (Phi) is 3.37. The van der Waals surface area contributed by atoms with Crippen LogP contribution in [0.25, 0.3) is 0 Å². The molecule has 0 radical (unpaired) electrons. The Labute approximate surface area is 98.0 Å². The van der Waals surface area contributed by atoms with Crippen molar-refractivity contribution in [3.63, 3.8) is 0 Å². The Morgan fingerprint density at radius 3 is 2.76 bits per heavy atom. The average molecular weight is 237 g/mol. The largest absolute Gasteiger partial charge is 0.447 e. The standard InChI is InChI=1S/C12H12FNO3/c13-7-11(15)14-10(8-17-12(14)16)6-9-4-2-1-3-5-9/h1-5,10H,6-8H2/t10-/m0/s1. The Morgan fingerprint density at radius 1 is 1.41 bits per heavy atom. The molecule has 0 aromatic heterocycles. The maximum absolute atomic E-state index is 12.3. The molecule has 1 aliphatic rings. The highest BCUT2D eigenvalue weighted by molar-refractivity contribution is 5.94. The van der Waals surface area contributed by atoms with Crippen molar-refractivity contribution in [1.82, 2.24) is 4.90 Å². The Balaban J connectivity index is 2.10. The summed E-state index contributed by atoms with van der Waals surface area (Å²) in [6, 6.07) is 8.99. The third-order valence-electron chi connectivity index (χ3n) is 2.66. The second kappa shape index (κ2) is 4.95. The number of benzene rings is 1. The zero-order valence-corrected chi connectivity index (χ0v) is 9.14. The van der Waals surface area contributed by atoms with Crippen LogP contribution in [-0.4, -0.2) is 36.2 Å². The zero-order chi connectivity index (χ0) is 12.3. The van der Waals surface area contributed by atoms with Gasteiger partial charge in [0.2, 0.25) is 0 Å². The fourth-order valence-corrected chi connectivity index (χ4v) is 1.87. The highest BCUT2D eigenvalue weighted by Crippen LogP contribution is 2.17. The van der Waals surface area contributed by atoms with E-state index in [1.165, 1.54) is 0 Å². The molecule has 0 saturated carbocycles. The minimum absolute atomic E-state index is 0.124. The predicted octanol–water partition coefficient (Wildman–Crippen LogP) is 1.55. The van der Waals surface area contributed by atoms with Crippen molar-refractivity contribution in [2.75, 3.05) is 13.3 Å². The monoisotopic (exact) mass is 237 g/mol. The number of carbonyl (C=O) groups excluding carboxylic acids is 2. The Hall–Kier alpha value is -1.91. The first-order valence-electron chi connectivity index (χ1n) is 5.31.